The molecule has 1 rings (SSSR count). The second-order valence-electron chi connectivity index (χ2n) is 5.63. The van der Waals surface area contributed by atoms with Gasteiger partial charge in [0, 0.05) is 26.2 Å². The summed E-state index contributed by atoms with van der Waals surface area (Å²) in [6.07, 6.45) is 2.79. The van der Waals surface area contributed by atoms with Crippen molar-refractivity contribution in [1.82, 2.24) is 10.2 Å². The third-order valence-electron chi connectivity index (χ3n) is 3.73. The van der Waals surface area contributed by atoms with Crippen molar-refractivity contribution < 1.29 is 14.3 Å². The number of carbonyl (C=O) groups is 1. The number of ether oxygens (including phenoxy) is 2. The number of amides is 1. The average molecular weight is 272 g/mol. The summed E-state index contributed by atoms with van der Waals surface area (Å²) in [6, 6.07) is 0.498. The molecule has 5 nitrogen and oxygen atoms in total. The van der Waals surface area contributed by atoms with Gasteiger partial charge in [-0.3, -0.25) is 0 Å². The van der Waals surface area contributed by atoms with Crippen molar-refractivity contribution in [2.75, 3.05) is 33.4 Å². The molecule has 0 atom stereocenters. The number of hydrogen-bond acceptors (Lipinski definition) is 4. The van der Waals surface area contributed by atoms with Crippen molar-refractivity contribution in [3.8, 4) is 0 Å². The van der Waals surface area contributed by atoms with Crippen LogP contribution in [0.15, 0.2) is 0 Å². The molecule has 1 heterocycles. The largest absolute Gasteiger partial charge is 0.450 e. The lowest BCUT2D eigenvalue weighted by atomic mass is 10.0. The summed E-state index contributed by atoms with van der Waals surface area (Å²) in [5.41, 5.74) is -0.0708. The Morgan fingerprint density at radius 2 is 2.00 bits per heavy atom. The first-order valence-corrected chi connectivity index (χ1v) is 7.18. The highest BCUT2D eigenvalue weighted by molar-refractivity contribution is 5.67. The molecule has 112 valence electrons. The SMILES string of the molecule is CCOC(=O)N1CCC(NCCC(C)(C)OC)CC1. The molecule has 1 amide bonds. The van der Waals surface area contributed by atoms with E-state index in [1.807, 2.05) is 6.92 Å². The molecule has 0 aromatic heterocycles. The number of methoxy groups -OCH3 is 1. The molecule has 0 aromatic carbocycles. The molecule has 0 bridgehead atoms. The van der Waals surface area contributed by atoms with Gasteiger partial charge in [0.15, 0.2) is 0 Å². The molecular weight excluding hydrogens is 244 g/mol. The Labute approximate surface area is 116 Å². The summed E-state index contributed by atoms with van der Waals surface area (Å²) in [4.78, 5) is 13.3. The maximum atomic E-state index is 11.6. The molecule has 5 heteroatoms. The van der Waals surface area contributed by atoms with Crippen molar-refractivity contribution in [2.45, 2.75) is 51.7 Å². The Kier molecular flexibility index (Phi) is 6.58. The average Bonchev–Trinajstić information content (AvgIpc) is 2.39. The molecule has 19 heavy (non-hydrogen) atoms. The van der Waals surface area contributed by atoms with Gasteiger partial charge in [-0.1, -0.05) is 0 Å². The van der Waals surface area contributed by atoms with Crippen LogP contribution in [0.1, 0.15) is 40.0 Å². The fourth-order valence-corrected chi connectivity index (χ4v) is 2.16. The summed E-state index contributed by atoms with van der Waals surface area (Å²) < 4.78 is 10.4. The van der Waals surface area contributed by atoms with Crippen LogP contribution in [-0.4, -0.2) is 56.0 Å². The highest BCUT2D eigenvalue weighted by atomic mass is 16.6. The minimum atomic E-state index is -0.179. The van der Waals surface area contributed by atoms with Crippen molar-refractivity contribution in [1.29, 1.82) is 0 Å². The summed E-state index contributed by atoms with van der Waals surface area (Å²) in [7, 11) is 1.75. The van der Waals surface area contributed by atoms with Gasteiger partial charge in [0.05, 0.1) is 12.2 Å². The zero-order valence-electron chi connectivity index (χ0n) is 12.7. The van der Waals surface area contributed by atoms with Crippen molar-refractivity contribution in [3.05, 3.63) is 0 Å². The highest BCUT2D eigenvalue weighted by Crippen LogP contribution is 2.14. The van der Waals surface area contributed by atoms with Crippen molar-refractivity contribution in [2.24, 2.45) is 0 Å². The first kappa shape index (κ1) is 16.2. The van der Waals surface area contributed by atoms with Gasteiger partial charge in [0.25, 0.3) is 0 Å². The fraction of sp³-hybridized carbons (Fsp3) is 0.929. The standard InChI is InChI=1S/C14H28N2O3/c1-5-19-13(17)16-10-6-12(7-11-16)15-9-8-14(2,3)18-4/h12,15H,5-11H2,1-4H3. The van der Waals surface area contributed by atoms with Gasteiger partial charge < -0.3 is 19.7 Å². The lowest BCUT2D eigenvalue weighted by molar-refractivity contribution is 0.0149. The molecule has 0 aromatic rings. The predicted octanol–water partition coefficient (Wildman–Crippen LogP) is 2.01. The van der Waals surface area contributed by atoms with E-state index in [9.17, 15) is 4.79 Å². The monoisotopic (exact) mass is 272 g/mol. The lowest BCUT2D eigenvalue weighted by Gasteiger charge is -2.32. The van der Waals surface area contributed by atoms with Crippen LogP contribution < -0.4 is 5.32 Å². The molecule has 1 N–H and O–H groups in total. The number of nitrogens with zero attached hydrogens (tertiary/aromatic N) is 1. The minimum absolute atomic E-state index is 0.0708. The second kappa shape index (κ2) is 7.70. The summed E-state index contributed by atoms with van der Waals surface area (Å²) in [6.45, 7) is 8.99. The number of piperidine rings is 1. The summed E-state index contributed by atoms with van der Waals surface area (Å²) >= 11 is 0. The molecular formula is C14H28N2O3. The minimum Gasteiger partial charge on any atom is -0.450 e. The number of rotatable bonds is 6. The summed E-state index contributed by atoms with van der Waals surface area (Å²) in [5.74, 6) is 0. The van der Waals surface area contributed by atoms with Gasteiger partial charge in [-0.25, -0.2) is 4.79 Å². The molecule has 0 aliphatic carbocycles. The van der Waals surface area contributed by atoms with Gasteiger partial charge in [0.1, 0.15) is 0 Å². The van der Waals surface area contributed by atoms with Gasteiger partial charge in [0.2, 0.25) is 0 Å². The van der Waals surface area contributed by atoms with E-state index in [1.54, 1.807) is 12.0 Å². The number of nitrogens with one attached hydrogen (secondary N) is 1. The first-order chi connectivity index (χ1) is 8.98. The zero-order chi connectivity index (χ0) is 14.3. The molecule has 0 radical (unpaired) electrons. The Balaban J connectivity index is 2.18. The molecule has 1 fully saturated rings. The fourth-order valence-electron chi connectivity index (χ4n) is 2.16. The van der Waals surface area contributed by atoms with E-state index in [0.717, 1.165) is 38.9 Å². The van der Waals surface area contributed by atoms with Crippen LogP contribution in [-0.2, 0) is 9.47 Å². The topological polar surface area (TPSA) is 50.8 Å². The Bertz CT molecular complexity index is 274. The van der Waals surface area contributed by atoms with Crippen molar-refractivity contribution in [3.63, 3.8) is 0 Å². The molecule has 1 saturated heterocycles. The van der Waals surface area contributed by atoms with Crippen LogP contribution in [0.25, 0.3) is 0 Å². The van der Waals surface area contributed by atoms with Gasteiger partial charge in [-0.15, -0.1) is 0 Å². The van der Waals surface area contributed by atoms with E-state index >= 15 is 0 Å². The maximum absolute atomic E-state index is 11.6. The third kappa shape index (κ3) is 5.78. The lowest BCUT2D eigenvalue weighted by Crippen LogP contribution is -2.46. The van der Waals surface area contributed by atoms with Gasteiger partial charge in [-0.05, 0) is 46.6 Å². The van der Waals surface area contributed by atoms with Crippen molar-refractivity contribution >= 4 is 6.09 Å². The smallest absolute Gasteiger partial charge is 0.409 e. The van der Waals surface area contributed by atoms with Crippen LogP contribution >= 0.6 is 0 Å². The van der Waals surface area contributed by atoms with Crippen LogP contribution in [0.2, 0.25) is 0 Å². The molecule has 0 spiro atoms. The molecule has 0 saturated carbocycles. The van der Waals surface area contributed by atoms with Gasteiger partial charge >= 0.3 is 6.09 Å². The van der Waals surface area contributed by atoms with Crippen LogP contribution in [0, 0.1) is 0 Å². The summed E-state index contributed by atoms with van der Waals surface area (Å²) in [5, 5.41) is 3.54. The van der Waals surface area contributed by atoms with E-state index < -0.39 is 0 Å². The number of carbonyl (C=O) groups excluding carboxylic acids is 1. The molecule has 1 aliphatic rings. The first-order valence-electron chi connectivity index (χ1n) is 7.18. The van der Waals surface area contributed by atoms with E-state index in [4.69, 9.17) is 9.47 Å². The predicted molar refractivity (Wildman–Crippen MR) is 75.3 cm³/mol. The normalized spacial score (nSPS) is 17.6. The Morgan fingerprint density at radius 1 is 1.37 bits per heavy atom. The zero-order valence-corrected chi connectivity index (χ0v) is 12.7. The van der Waals surface area contributed by atoms with E-state index in [1.165, 1.54) is 0 Å². The van der Waals surface area contributed by atoms with Gasteiger partial charge in [-0.2, -0.15) is 0 Å². The Morgan fingerprint density at radius 3 is 2.53 bits per heavy atom. The van der Waals surface area contributed by atoms with E-state index in [-0.39, 0.29) is 11.7 Å². The van der Waals surface area contributed by atoms with E-state index in [2.05, 4.69) is 19.2 Å². The van der Waals surface area contributed by atoms with Crippen LogP contribution in [0.3, 0.4) is 0 Å². The Hall–Kier alpha value is -0.810. The second-order valence-corrected chi connectivity index (χ2v) is 5.63. The third-order valence-corrected chi connectivity index (χ3v) is 3.73. The number of likely N-dealkylation sites (tertiary alicyclic amines) is 1. The quantitative estimate of drug-likeness (QED) is 0.803. The molecule has 0 unspecified atom stereocenters. The number of hydrogen-bond donors (Lipinski definition) is 1. The van der Waals surface area contributed by atoms with E-state index in [0.29, 0.717) is 12.6 Å². The highest BCUT2D eigenvalue weighted by Gasteiger charge is 2.23. The maximum Gasteiger partial charge on any atom is 0.409 e. The van der Waals surface area contributed by atoms with Crippen LogP contribution in [0.4, 0.5) is 4.79 Å². The molecule has 1 aliphatic heterocycles. The van der Waals surface area contributed by atoms with Crippen LogP contribution in [0.5, 0.6) is 0 Å².